The van der Waals surface area contributed by atoms with Crippen LogP contribution >= 0.6 is 23.2 Å². The fourth-order valence-electron chi connectivity index (χ4n) is 2.14. The highest BCUT2D eigenvalue weighted by atomic mass is 35.5. The first-order chi connectivity index (χ1) is 10.3. The maximum absolute atomic E-state index is 11.9. The molecule has 22 heavy (non-hydrogen) atoms. The van der Waals surface area contributed by atoms with Crippen molar-refractivity contribution in [2.24, 2.45) is 0 Å². The van der Waals surface area contributed by atoms with E-state index in [1.807, 2.05) is 6.07 Å². The zero-order valence-corrected chi connectivity index (χ0v) is 14.5. The minimum atomic E-state index is -3.35. The maximum Gasteiger partial charge on any atom is 0.235 e. The molecule has 8 heteroatoms. The number of sulfonamides is 1. The van der Waals surface area contributed by atoms with Crippen LogP contribution in [0.3, 0.4) is 0 Å². The molecule has 1 N–H and O–H groups in total. The van der Waals surface area contributed by atoms with Gasteiger partial charge in [0.1, 0.15) is 0 Å². The summed E-state index contributed by atoms with van der Waals surface area (Å²) in [7, 11) is -3.35. The van der Waals surface area contributed by atoms with Crippen molar-refractivity contribution in [2.45, 2.75) is 25.3 Å². The van der Waals surface area contributed by atoms with E-state index < -0.39 is 10.0 Å². The Kier molecular flexibility index (Phi) is 5.71. The van der Waals surface area contributed by atoms with Crippen LogP contribution in [0.2, 0.25) is 10.0 Å². The van der Waals surface area contributed by atoms with E-state index in [-0.39, 0.29) is 18.5 Å². The van der Waals surface area contributed by atoms with Gasteiger partial charge in [-0.05, 0) is 37.0 Å². The van der Waals surface area contributed by atoms with Crippen molar-refractivity contribution in [3.8, 4) is 0 Å². The molecule has 0 aliphatic heterocycles. The fourth-order valence-corrected chi connectivity index (χ4v) is 3.75. The molecule has 0 bridgehead atoms. The summed E-state index contributed by atoms with van der Waals surface area (Å²) >= 11 is 11.9. The molecule has 0 spiro atoms. The van der Waals surface area contributed by atoms with E-state index in [2.05, 4.69) is 5.32 Å². The van der Waals surface area contributed by atoms with Crippen molar-refractivity contribution < 1.29 is 13.2 Å². The number of hydrogen-bond donors (Lipinski definition) is 1. The lowest BCUT2D eigenvalue weighted by Crippen LogP contribution is -2.41. The smallest absolute Gasteiger partial charge is 0.235 e. The average molecular weight is 365 g/mol. The summed E-state index contributed by atoms with van der Waals surface area (Å²) in [6.07, 6.45) is 3.33. The highest BCUT2D eigenvalue weighted by molar-refractivity contribution is 7.88. The van der Waals surface area contributed by atoms with Crippen LogP contribution < -0.4 is 5.32 Å². The molecule has 1 amide bonds. The molecule has 0 unspecified atom stereocenters. The first-order valence-corrected chi connectivity index (χ1v) is 9.55. The summed E-state index contributed by atoms with van der Waals surface area (Å²) in [5.74, 6) is -0.303. The van der Waals surface area contributed by atoms with Gasteiger partial charge in [0.2, 0.25) is 15.9 Å². The third-order valence-corrected chi connectivity index (χ3v) is 5.28. The SMILES string of the molecule is CS(=O)(=O)N(CC(=O)NCCc1ccc(Cl)cc1Cl)C1CC1. The second-order valence-corrected chi connectivity index (χ2v) is 8.15. The number of nitrogens with one attached hydrogen (secondary N) is 1. The van der Waals surface area contributed by atoms with Crippen molar-refractivity contribution in [2.75, 3.05) is 19.3 Å². The minimum Gasteiger partial charge on any atom is -0.355 e. The Morgan fingerprint density at radius 1 is 1.36 bits per heavy atom. The Balaban J connectivity index is 1.82. The predicted molar refractivity (Wildman–Crippen MR) is 87.7 cm³/mol. The number of benzene rings is 1. The van der Waals surface area contributed by atoms with Gasteiger partial charge in [-0.2, -0.15) is 4.31 Å². The van der Waals surface area contributed by atoms with Crippen molar-refractivity contribution in [3.05, 3.63) is 33.8 Å². The topological polar surface area (TPSA) is 66.5 Å². The van der Waals surface area contributed by atoms with E-state index in [0.29, 0.717) is 23.0 Å². The van der Waals surface area contributed by atoms with Crippen molar-refractivity contribution in [1.29, 1.82) is 0 Å². The summed E-state index contributed by atoms with van der Waals surface area (Å²) in [6.45, 7) is 0.264. The normalized spacial score (nSPS) is 15.1. The van der Waals surface area contributed by atoms with Gasteiger partial charge >= 0.3 is 0 Å². The standard InChI is InChI=1S/C14H18Cl2N2O3S/c1-22(20,21)18(12-4-5-12)9-14(19)17-7-6-10-2-3-11(15)8-13(10)16/h2-3,8,12H,4-7,9H2,1H3,(H,17,19). The van der Waals surface area contributed by atoms with Crippen molar-refractivity contribution in [1.82, 2.24) is 9.62 Å². The van der Waals surface area contributed by atoms with Crippen LogP contribution in [-0.2, 0) is 21.2 Å². The number of carbonyl (C=O) groups is 1. The van der Waals surface area contributed by atoms with E-state index >= 15 is 0 Å². The van der Waals surface area contributed by atoms with Gasteiger partial charge in [0.05, 0.1) is 12.8 Å². The fraction of sp³-hybridized carbons (Fsp3) is 0.500. The van der Waals surface area contributed by atoms with Crippen LogP contribution in [0.25, 0.3) is 0 Å². The van der Waals surface area contributed by atoms with Gasteiger partial charge in [-0.3, -0.25) is 4.79 Å². The third kappa shape index (κ3) is 5.12. The van der Waals surface area contributed by atoms with E-state index in [1.54, 1.807) is 12.1 Å². The Labute approximate surface area is 140 Å². The van der Waals surface area contributed by atoms with Crippen LogP contribution in [0.1, 0.15) is 18.4 Å². The van der Waals surface area contributed by atoms with Gasteiger partial charge in [-0.1, -0.05) is 29.3 Å². The summed E-state index contributed by atoms with van der Waals surface area (Å²) < 4.78 is 24.5. The quantitative estimate of drug-likeness (QED) is 0.805. The molecule has 0 heterocycles. The Morgan fingerprint density at radius 2 is 2.05 bits per heavy atom. The number of rotatable bonds is 7. The molecule has 1 aromatic rings. The molecule has 1 fully saturated rings. The van der Waals surface area contributed by atoms with Crippen LogP contribution in [0.5, 0.6) is 0 Å². The highest BCUT2D eigenvalue weighted by Crippen LogP contribution is 2.28. The molecule has 0 atom stereocenters. The average Bonchev–Trinajstić information content (AvgIpc) is 3.21. The number of halogens is 2. The predicted octanol–water partition coefficient (Wildman–Crippen LogP) is 2.08. The molecule has 1 aliphatic rings. The monoisotopic (exact) mass is 364 g/mol. The lowest BCUT2D eigenvalue weighted by molar-refractivity contribution is -0.121. The molecular weight excluding hydrogens is 347 g/mol. The largest absolute Gasteiger partial charge is 0.355 e. The second-order valence-electron chi connectivity index (χ2n) is 5.38. The molecule has 5 nitrogen and oxygen atoms in total. The van der Waals surface area contributed by atoms with Crippen LogP contribution in [0, 0.1) is 0 Å². The maximum atomic E-state index is 11.9. The van der Waals surface area contributed by atoms with E-state index in [0.717, 1.165) is 24.7 Å². The van der Waals surface area contributed by atoms with Gasteiger partial charge in [0.25, 0.3) is 0 Å². The van der Waals surface area contributed by atoms with Crippen LogP contribution in [0.15, 0.2) is 18.2 Å². The molecule has 2 rings (SSSR count). The number of amides is 1. The third-order valence-electron chi connectivity index (χ3n) is 3.41. The van der Waals surface area contributed by atoms with Crippen molar-refractivity contribution in [3.63, 3.8) is 0 Å². The molecular formula is C14H18Cl2N2O3S. The lowest BCUT2D eigenvalue weighted by Gasteiger charge is -2.18. The summed E-state index contributed by atoms with van der Waals surface area (Å²) in [6, 6.07) is 5.18. The second kappa shape index (κ2) is 7.17. The molecule has 1 saturated carbocycles. The Bertz CT molecular complexity index is 660. The van der Waals surface area contributed by atoms with Gasteiger partial charge < -0.3 is 5.32 Å². The Hall–Kier alpha value is -0.820. The van der Waals surface area contributed by atoms with E-state index in [4.69, 9.17) is 23.2 Å². The number of hydrogen-bond acceptors (Lipinski definition) is 3. The first kappa shape index (κ1) is 17.5. The molecule has 1 aromatic carbocycles. The van der Waals surface area contributed by atoms with Crippen LogP contribution in [-0.4, -0.2) is 44.0 Å². The van der Waals surface area contributed by atoms with E-state index in [1.165, 1.54) is 4.31 Å². The van der Waals surface area contributed by atoms with Gasteiger partial charge in [-0.15, -0.1) is 0 Å². The zero-order chi connectivity index (χ0) is 16.3. The summed E-state index contributed by atoms with van der Waals surface area (Å²) in [5, 5.41) is 3.84. The first-order valence-electron chi connectivity index (χ1n) is 6.95. The number of nitrogens with zero attached hydrogens (tertiary/aromatic N) is 1. The molecule has 1 aliphatic carbocycles. The van der Waals surface area contributed by atoms with Crippen molar-refractivity contribution >= 4 is 39.1 Å². The van der Waals surface area contributed by atoms with Gasteiger partial charge in [0, 0.05) is 22.6 Å². The lowest BCUT2D eigenvalue weighted by atomic mass is 10.1. The molecule has 0 radical (unpaired) electrons. The molecule has 0 saturated heterocycles. The van der Waals surface area contributed by atoms with Gasteiger partial charge in [-0.25, -0.2) is 8.42 Å². The van der Waals surface area contributed by atoms with Gasteiger partial charge in [0.15, 0.2) is 0 Å². The molecule has 122 valence electrons. The zero-order valence-electron chi connectivity index (χ0n) is 12.2. The summed E-state index contributed by atoms with van der Waals surface area (Å²) in [5.41, 5.74) is 0.883. The minimum absolute atomic E-state index is 0.0218. The summed E-state index contributed by atoms with van der Waals surface area (Å²) in [4.78, 5) is 11.9. The van der Waals surface area contributed by atoms with Crippen LogP contribution in [0.4, 0.5) is 0 Å². The highest BCUT2D eigenvalue weighted by Gasteiger charge is 2.36. The Morgan fingerprint density at radius 3 is 2.59 bits per heavy atom. The number of carbonyl (C=O) groups excluding carboxylic acids is 1. The molecule has 0 aromatic heterocycles. The van der Waals surface area contributed by atoms with E-state index in [9.17, 15) is 13.2 Å².